The summed E-state index contributed by atoms with van der Waals surface area (Å²) in [6.07, 6.45) is 5.51. The predicted octanol–water partition coefficient (Wildman–Crippen LogP) is 3.47. The summed E-state index contributed by atoms with van der Waals surface area (Å²) in [5, 5.41) is 5.61. The number of hydrogen-bond donors (Lipinski definition) is 2. The van der Waals surface area contributed by atoms with Gasteiger partial charge in [-0.05, 0) is 56.2 Å². The molecule has 0 bridgehead atoms. The van der Waals surface area contributed by atoms with Gasteiger partial charge in [-0.3, -0.25) is 0 Å². The predicted molar refractivity (Wildman–Crippen MR) is 86.5 cm³/mol. The monoisotopic (exact) mass is 312 g/mol. The van der Waals surface area contributed by atoms with Crippen LogP contribution in [0.1, 0.15) is 57.4 Å². The summed E-state index contributed by atoms with van der Waals surface area (Å²) in [6, 6.07) is 4.92. The first-order valence-corrected chi connectivity index (χ1v) is 8.72. The summed E-state index contributed by atoms with van der Waals surface area (Å²) in [5.74, 6) is 0.661. The zero-order valence-electron chi connectivity index (χ0n) is 12.8. The van der Waals surface area contributed by atoms with E-state index in [4.69, 9.17) is 10.9 Å². The van der Waals surface area contributed by atoms with Crippen LogP contribution >= 0.6 is 0 Å². The molecule has 0 aliphatic heterocycles. The molecule has 1 aliphatic rings. The van der Waals surface area contributed by atoms with Crippen molar-refractivity contribution in [2.45, 2.75) is 56.6 Å². The molecular weight excluding hydrogens is 287 g/mol. The molecule has 1 fully saturated rings. The average molecular weight is 312 g/mol. The van der Waals surface area contributed by atoms with Crippen molar-refractivity contribution < 1.29 is 8.94 Å². The lowest BCUT2D eigenvalue weighted by Gasteiger charge is -2.29. The molecule has 4 N–H and O–H groups in total. The molecule has 0 amide bonds. The lowest BCUT2D eigenvalue weighted by atomic mass is 9.85. The Morgan fingerprint density at radius 3 is 2.62 bits per heavy atom. The summed E-state index contributed by atoms with van der Waals surface area (Å²) in [7, 11) is 0. The lowest BCUT2D eigenvalue weighted by Crippen LogP contribution is -2.39. The minimum absolute atomic E-state index is 0.176. The smallest absolute Gasteiger partial charge is 0.146 e. The Morgan fingerprint density at radius 1 is 1.43 bits per heavy atom. The minimum atomic E-state index is -1.38. The van der Waals surface area contributed by atoms with Crippen molar-refractivity contribution in [2.24, 2.45) is 11.1 Å². The van der Waals surface area contributed by atoms with E-state index in [9.17, 15) is 8.94 Å². The number of benzene rings is 1. The second-order valence-corrected chi connectivity index (χ2v) is 8.46. The second kappa shape index (κ2) is 6.55. The van der Waals surface area contributed by atoms with Crippen LogP contribution in [0.15, 0.2) is 18.2 Å². The van der Waals surface area contributed by atoms with Crippen LogP contribution in [0.2, 0.25) is 0 Å². The second-order valence-electron chi connectivity index (χ2n) is 6.76. The Bertz CT molecular complexity index is 489. The molecule has 2 unspecified atom stereocenters. The molecule has 2 atom stereocenters. The van der Waals surface area contributed by atoms with Crippen LogP contribution in [0.5, 0.6) is 0 Å². The first kappa shape index (κ1) is 16.6. The topological polar surface area (TPSA) is 75.1 Å². The van der Waals surface area contributed by atoms with E-state index < -0.39 is 16.1 Å². The summed E-state index contributed by atoms with van der Waals surface area (Å²) >= 11 is -1.38. The number of nitrogen functional groups attached to an aromatic ring is 1. The van der Waals surface area contributed by atoms with Crippen LogP contribution in [0.4, 0.5) is 10.1 Å². The molecule has 1 aromatic carbocycles. The van der Waals surface area contributed by atoms with E-state index >= 15 is 0 Å². The van der Waals surface area contributed by atoms with Gasteiger partial charge in [0.1, 0.15) is 10.6 Å². The van der Waals surface area contributed by atoms with Crippen LogP contribution < -0.4 is 10.9 Å². The number of hydrogen-bond acceptors (Lipinski definition) is 3. The molecule has 3 nitrogen and oxygen atoms in total. The molecule has 1 aromatic rings. The van der Waals surface area contributed by atoms with Gasteiger partial charge in [0.25, 0.3) is 0 Å². The zero-order valence-corrected chi connectivity index (χ0v) is 13.6. The van der Waals surface area contributed by atoms with Crippen molar-refractivity contribution in [1.82, 2.24) is 0 Å². The third-order valence-electron chi connectivity index (χ3n) is 4.39. The fraction of sp³-hybridized carbons (Fsp3) is 0.625. The Kier molecular flexibility index (Phi) is 5.17. The van der Waals surface area contributed by atoms with E-state index in [1.54, 1.807) is 12.1 Å². The molecule has 1 aliphatic carbocycles. The summed E-state index contributed by atoms with van der Waals surface area (Å²) in [4.78, 5) is 0. The Labute approximate surface area is 129 Å². The van der Waals surface area contributed by atoms with Crippen LogP contribution in [0, 0.1) is 11.7 Å². The number of halogens is 1. The summed E-state index contributed by atoms with van der Waals surface area (Å²) < 4.78 is 24.6. The molecule has 5 heteroatoms. The highest BCUT2D eigenvalue weighted by Gasteiger charge is 2.34. The van der Waals surface area contributed by atoms with E-state index in [0.29, 0.717) is 6.42 Å². The maximum absolute atomic E-state index is 13.4. The third kappa shape index (κ3) is 4.59. The van der Waals surface area contributed by atoms with Crippen LogP contribution in [0.25, 0.3) is 0 Å². The van der Waals surface area contributed by atoms with Gasteiger partial charge in [-0.2, -0.15) is 5.14 Å². The standard InChI is InChI=1S/C16H25FN2OS/c1-16(2,21(19)20)10-13(6-5-11-3-4-11)12-7-8-14(17)15(18)9-12/h7-9,11,13H,3-6,10,18-19H2,1-2H3. The molecule has 1 saturated carbocycles. The van der Waals surface area contributed by atoms with Gasteiger partial charge in [-0.15, -0.1) is 0 Å². The van der Waals surface area contributed by atoms with Crippen LogP contribution in [0.3, 0.4) is 0 Å². The summed E-state index contributed by atoms with van der Waals surface area (Å²) in [6.45, 7) is 3.83. The highest BCUT2D eigenvalue weighted by Crippen LogP contribution is 2.40. The zero-order chi connectivity index (χ0) is 15.6. The quantitative estimate of drug-likeness (QED) is 0.598. The number of nitrogens with two attached hydrogens (primary N) is 2. The van der Waals surface area contributed by atoms with Gasteiger partial charge in [0, 0.05) is 17.8 Å². The molecule has 0 spiro atoms. The molecule has 0 heterocycles. The Morgan fingerprint density at radius 2 is 2.10 bits per heavy atom. The third-order valence-corrected chi connectivity index (χ3v) is 5.65. The summed E-state index contributed by atoms with van der Waals surface area (Å²) in [5.41, 5.74) is 6.89. The van der Waals surface area contributed by atoms with Crippen LogP contribution in [-0.2, 0) is 11.4 Å². The van der Waals surface area contributed by atoms with Crippen molar-refractivity contribution in [3.8, 4) is 0 Å². The normalized spacial score (nSPS) is 18.5. The molecule has 0 radical (unpaired) electrons. The van der Waals surface area contributed by atoms with Gasteiger partial charge in [0.15, 0.2) is 0 Å². The van der Waals surface area contributed by atoms with Crippen molar-refractivity contribution in [3.05, 3.63) is 29.6 Å². The highest BCUT2D eigenvalue weighted by molar-refractivity contribution is 7.90. The number of anilines is 1. The van der Waals surface area contributed by atoms with E-state index in [-0.39, 0.29) is 17.4 Å². The first-order valence-electron chi connectivity index (χ1n) is 7.51. The van der Waals surface area contributed by atoms with Gasteiger partial charge in [0.05, 0.1) is 5.69 Å². The van der Waals surface area contributed by atoms with Crippen molar-refractivity contribution in [2.75, 3.05) is 5.73 Å². The van der Waals surface area contributed by atoms with E-state index in [0.717, 1.165) is 24.3 Å². The molecule has 2 rings (SSSR count). The van der Waals surface area contributed by atoms with E-state index in [1.807, 2.05) is 13.8 Å². The Hall–Kier alpha value is -0.780. The van der Waals surface area contributed by atoms with Gasteiger partial charge < -0.3 is 10.3 Å². The lowest BCUT2D eigenvalue weighted by molar-refractivity contribution is 0.453. The van der Waals surface area contributed by atoms with Crippen molar-refractivity contribution >= 4 is 17.0 Å². The minimum Gasteiger partial charge on any atom is -0.598 e. The van der Waals surface area contributed by atoms with Gasteiger partial charge >= 0.3 is 0 Å². The number of rotatable bonds is 7. The molecular formula is C16H25FN2OS. The molecule has 0 saturated heterocycles. The SMILES string of the molecule is CC(C)(CC(CCC1CC1)c1ccc(F)c(N)c1)[S+](N)[O-]. The molecule has 0 aromatic heterocycles. The Balaban J connectivity index is 2.15. The van der Waals surface area contributed by atoms with Gasteiger partial charge in [0.2, 0.25) is 0 Å². The van der Waals surface area contributed by atoms with Crippen molar-refractivity contribution in [1.29, 1.82) is 0 Å². The molecule has 21 heavy (non-hydrogen) atoms. The van der Waals surface area contributed by atoms with E-state index in [1.165, 1.54) is 18.9 Å². The van der Waals surface area contributed by atoms with Gasteiger partial charge in [-0.1, -0.05) is 18.9 Å². The fourth-order valence-electron chi connectivity index (χ4n) is 2.72. The first-order chi connectivity index (χ1) is 9.79. The van der Waals surface area contributed by atoms with Crippen LogP contribution in [-0.4, -0.2) is 9.30 Å². The van der Waals surface area contributed by atoms with Crippen molar-refractivity contribution in [3.63, 3.8) is 0 Å². The van der Waals surface area contributed by atoms with E-state index in [2.05, 4.69) is 0 Å². The maximum Gasteiger partial charge on any atom is 0.146 e. The largest absolute Gasteiger partial charge is 0.598 e. The highest BCUT2D eigenvalue weighted by atomic mass is 32.2. The average Bonchev–Trinajstić information content (AvgIpc) is 3.21. The molecule has 118 valence electrons. The maximum atomic E-state index is 13.4. The fourth-order valence-corrected chi connectivity index (χ4v) is 3.09. The van der Waals surface area contributed by atoms with Gasteiger partial charge in [-0.25, -0.2) is 4.39 Å².